The zero-order chi connectivity index (χ0) is 14.8. The van der Waals surface area contributed by atoms with Gasteiger partial charge in [0.2, 0.25) is 0 Å². The van der Waals surface area contributed by atoms with Gasteiger partial charge in [0, 0.05) is 18.6 Å². The second-order valence-corrected chi connectivity index (χ2v) is 7.89. The molecule has 0 aromatic rings. The van der Waals surface area contributed by atoms with E-state index in [1.165, 1.54) is 7.11 Å². The zero-order valence-corrected chi connectivity index (χ0v) is 12.9. The van der Waals surface area contributed by atoms with Crippen molar-refractivity contribution >= 4 is 15.8 Å². The topological polar surface area (TPSA) is 89.7 Å². The fourth-order valence-corrected chi connectivity index (χ4v) is 4.30. The minimum atomic E-state index is -2.93. The Labute approximate surface area is 115 Å². The molecule has 0 spiro atoms. The first-order chi connectivity index (χ1) is 8.59. The van der Waals surface area contributed by atoms with E-state index in [1.54, 1.807) is 6.92 Å². The van der Waals surface area contributed by atoms with Gasteiger partial charge >= 0.3 is 5.97 Å². The molecule has 1 fully saturated rings. The molecule has 3 atom stereocenters. The fourth-order valence-electron chi connectivity index (χ4n) is 2.71. The van der Waals surface area contributed by atoms with Crippen molar-refractivity contribution in [3.05, 3.63) is 0 Å². The van der Waals surface area contributed by atoms with Crippen LogP contribution in [0.2, 0.25) is 0 Å². The largest absolute Gasteiger partial charge is 0.468 e. The number of hydrogen-bond acceptors (Lipinski definition) is 6. The number of nitrogens with zero attached hydrogens (tertiary/aromatic N) is 1. The van der Waals surface area contributed by atoms with Crippen molar-refractivity contribution in [2.75, 3.05) is 25.2 Å². The summed E-state index contributed by atoms with van der Waals surface area (Å²) in [6.07, 6.45) is 0.435. The molecule has 7 heteroatoms. The Hall–Kier alpha value is -0.660. The van der Waals surface area contributed by atoms with Crippen LogP contribution >= 0.6 is 0 Å². The first-order valence-corrected chi connectivity index (χ1v) is 8.24. The maximum Gasteiger partial charge on any atom is 0.325 e. The summed E-state index contributed by atoms with van der Waals surface area (Å²) in [5.41, 5.74) is 4.91. The van der Waals surface area contributed by atoms with Gasteiger partial charge < -0.3 is 10.5 Å². The normalized spacial score (nSPS) is 28.4. The standard InChI is InChI=1S/C12H24N2O4S/c1-9(7-12(3,13)11(15)18-4)14-5-6-19(16,17)8-10(14)2/h9-10H,5-8,13H2,1-4H3. The SMILES string of the molecule is COC(=O)C(C)(N)CC(C)N1CCS(=O)(=O)CC1C. The maximum atomic E-state index is 11.6. The lowest BCUT2D eigenvalue weighted by molar-refractivity contribution is -0.147. The van der Waals surface area contributed by atoms with Crippen LogP contribution < -0.4 is 5.73 Å². The molecule has 112 valence electrons. The second kappa shape index (κ2) is 5.76. The number of sulfone groups is 1. The number of carbonyl (C=O) groups is 1. The Morgan fingerprint density at radius 1 is 1.58 bits per heavy atom. The Morgan fingerprint density at radius 2 is 2.16 bits per heavy atom. The number of ether oxygens (including phenoxy) is 1. The van der Waals surface area contributed by atoms with Crippen molar-refractivity contribution < 1.29 is 17.9 Å². The van der Waals surface area contributed by atoms with Crippen molar-refractivity contribution in [1.82, 2.24) is 4.90 Å². The number of nitrogens with two attached hydrogens (primary N) is 1. The molecule has 1 heterocycles. The molecular formula is C12H24N2O4S. The first-order valence-electron chi connectivity index (χ1n) is 6.42. The zero-order valence-electron chi connectivity index (χ0n) is 12.0. The summed E-state index contributed by atoms with van der Waals surface area (Å²) >= 11 is 0. The van der Waals surface area contributed by atoms with Gasteiger partial charge in [-0.1, -0.05) is 0 Å². The molecule has 1 saturated heterocycles. The monoisotopic (exact) mass is 292 g/mol. The summed E-state index contributed by atoms with van der Waals surface area (Å²) in [5.74, 6) is -0.116. The fraction of sp³-hybridized carbons (Fsp3) is 0.917. The smallest absolute Gasteiger partial charge is 0.325 e. The van der Waals surface area contributed by atoms with Gasteiger partial charge in [-0.3, -0.25) is 9.69 Å². The third kappa shape index (κ3) is 4.15. The summed E-state index contributed by atoms with van der Waals surface area (Å²) in [7, 11) is -1.61. The molecule has 1 aliphatic rings. The van der Waals surface area contributed by atoms with E-state index in [0.717, 1.165) is 0 Å². The Balaban J connectivity index is 2.69. The van der Waals surface area contributed by atoms with Gasteiger partial charge in [-0.2, -0.15) is 0 Å². The maximum absolute atomic E-state index is 11.6. The van der Waals surface area contributed by atoms with Gasteiger partial charge in [-0.05, 0) is 27.2 Å². The lowest BCUT2D eigenvalue weighted by Crippen LogP contribution is -2.55. The van der Waals surface area contributed by atoms with Crippen molar-refractivity contribution in [3.63, 3.8) is 0 Å². The highest BCUT2D eigenvalue weighted by Gasteiger charge is 2.37. The van der Waals surface area contributed by atoms with Crippen molar-refractivity contribution in [2.24, 2.45) is 5.73 Å². The van der Waals surface area contributed by atoms with E-state index >= 15 is 0 Å². The molecule has 2 N–H and O–H groups in total. The van der Waals surface area contributed by atoms with E-state index in [0.29, 0.717) is 13.0 Å². The van der Waals surface area contributed by atoms with Gasteiger partial charge in [0.05, 0.1) is 18.6 Å². The van der Waals surface area contributed by atoms with E-state index < -0.39 is 21.3 Å². The summed E-state index contributed by atoms with van der Waals surface area (Å²) in [5, 5.41) is 0. The predicted octanol–water partition coefficient (Wildman–Crippen LogP) is -0.226. The quantitative estimate of drug-likeness (QED) is 0.720. The first kappa shape index (κ1) is 16.4. The van der Waals surface area contributed by atoms with Gasteiger partial charge in [-0.25, -0.2) is 8.42 Å². The Kier molecular flexibility index (Phi) is 4.97. The third-order valence-electron chi connectivity index (χ3n) is 3.66. The van der Waals surface area contributed by atoms with Crippen molar-refractivity contribution in [3.8, 4) is 0 Å². The van der Waals surface area contributed by atoms with E-state index in [2.05, 4.69) is 9.64 Å². The number of esters is 1. The van der Waals surface area contributed by atoms with Gasteiger partial charge in [0.1, 0.15) is 5.54 Å². The molecule has 0 saturated carbocycles. The average molecular weight is 292 g/mol. The minimum absolute atomic E-state index is 0.0274. The van der Waals surface area contributed by atoms with Crippen LogP contribution in [-0.2, 0) is 19.4 Å². The van der Waals surface area contributed by atoms with Crippen molar-refractivity contribution in [1.29, 1.82) is 0 Å². The third-order valence-corrected chi connectivity index (χ3v) is 5.45. The Bertz CT molecular complexity index is 433. The summed E-state index contributed by atoms with van der Waals surface area (Å²) < 4.78 is 27.8. The van der Waals surface area contributed by atoms with Crippen LogP contribution in [0.1, 0.15) is 27.2 Å². The molecular weight excluding hydrogens is 268 g/mol. The lowest BCUT2D eigenvalue weighted by atomic mass is 9.93. The van der Waals surface area contributed by atoms with Crippen LogP contribution in [0.4, 0.5) is 0 Å². The molecule has 6 nitrogen and oxygen atoms in total. The van der Waals surface area contributed by atoms with Crippen LogP contribution in [0.3, 0.4) is 0 Å². The molecule has 0 amide bonds. The molecule has 0 aromatic heterocycles. The summed E-state index contributed by atoms with van der Waals surface area (Å²) in [6.45, 7) is 5.98. The minimum Gasteiger partial charge on any atom is -0.468 e. The van der Waals surface area contributed by atoms with Crippen LogP contribution in [0.25, 0.3) is 0 Å². The van der Waals surface area contributed by atoms with Gasteiger partial charge in [-0.15, -0.1) is 0 Å². The highest BCUT2D eigenvalue weighted by molar-refractivity contribution is 7.91. The van der Waals surface area contributed by atoms with E-state index in [1.807, 2.05) is 13.8 Å². The van der Waals surface area contributed by atoms with Crippen LogP contribution in [0, 0.1) is 0 Å². The average Bonchev–Trinajstić information content (AvgIpc) is 2.25. The Morgan fingerprint density at radius 3 is 2.63 bits per heavy atom. The molecule has 1 aliphatic heterocycles. The van der Waals surface area contributed by atoms with E-state index in [4.69, 9.17) is 5.73 Å². The molecule has 0 bridgehead atoms. The molecule has 0 aliphatic carbocycles. The number of methoxy groups -OCH3 is 1. The predicted molar refractivity (Wildman–Crippen MR) is 73.5 cm³/mol. The number of rotatable bonds is 4. The number of hydrogen-bond donors (Lipinski definition) is 1. The van der Waals surface area contributed by atoms with Crippen molar-refractivity contribution in [2.45, 2.75) is 44.8 Å². The van der Waals surface area contributed by atoms with Gasteiger partial charge in [0.15, 0.2) is 9.84 Å². The second-order valence-electron chi connectivity index (χ2n) is 5.66. The highest BCUT2D eigenvalue weighted by atomic mass is 32.2. The summed E-state index contributed by atoms with van der Waals surface area (Å²) in [4.78, 5) is 13.7. The van der Waals surface area contributed by atoms with Crippen LogP contribution in [0.15, 0.2) is 0 Å². The molecule has 3 unspecified atom stereocenters. The van der Waals surface area contributed by atoms with E-state index in [9.17, 15) is 13.2 Å². The van der Waals surface area contributed by atoms with E-state index in [-0.39, 0.29) is 23.6 Å². The molecule has 1 rings (SSSR count). The van der Waals surface area contributed by atoms with Crippen LogP contribution in [0.5, 0.6) is 0 Å². The highest BCUT2D eigenvalue weighted by Crippen LogP contribution is 2.21. The lowest BCUT2D eigenvalue weighted by Gasteiger charge is -2.39. The van der Waals surface area contributed by atoms with Gasteiger partial charge in [0.25, 0.3) is 0 Å². The van der Waals surface area contributed by atoms with Crippen LogP contribution in [-0.4, -0.2) is 62.1 Å². The molecule has 0 aromatic carbocycles. The summed E-state index contributed by atoms with van der Waals surface area (Å²) in [6, 6.07) is -0.0261. The number of carbonyl (C=O) groups excluding carboxylic acids is 1. The molecule has 0 radical (unpaired) electrons. The molecule has 19 heavy (non-hydrogen) atoms.